The van der Waals surface area contributed by atoms with Crippen LogP contribution in [0.1, 0.15) is 27.0 Å². The van der Waals surface area contributed by atoms with Crippen molar-refractivity contribution in [2.75, 3.05) is 0 Å². The molecule has 0 saturated heterocycles. The fourth-order valence-corrected chi connectivity index (χ4v) is 3.61. The number of carbonyl (C=O) groups excluding carboxylic acids is 2. The van der Waals surface area contributed by atoms with E-state index in [1.54, 1.807) is 36.5 Å². The lowest BCUT2D eigenvalue weighted by molar-refractivity contribution is -0.123. The van der Waals surface area contributed by atoms with Crippen molar-refractivity contribution in [1.82, 2.24) is 15.6 Å². The quantitative estimate of drug-likeness (QED) is 0.366. The molecule has 4 aromatic rings. The van der Waals surface area contributed by atoms with Crippen LogP contribution in [0.3, 0.4) is 0 Å². The molecule has 6 nitrogen and oxygen atoms in total. The van der Waals surface area contributed by atoms with Crippen LogP contribution >= 0.6 is 0 Å². The van der Waals surface area contributed by atoms with E-state index in [1.807, 2.05) is 72.8 Å². The van der Waals surface area contributed by atoms with Gasteiger partial charge in [-0.25, -0.2) is 4.98 Å². The lowest BCUT2D eigenvalue weighted by Crippen LogP contribution is -2.47. The fraction of sp³-hybridized carbons (Fsp3) is 0.138. The molecule has 3 aromatic carbocycles. The highest BCUT2D eigenvalue weighted by Gasteiger charge is 2.22. The van der Waals surface area contributed by atoms with Crippen molar-refractivity contribution in [3.63, 3.8) is 0 Å². The third-order valence-corrected chi connectivity index (χ3v) is 5.46. The van der Waals surface area contributed by atoms with Gasteiger partial charge in [0, 0.05) is 30.3 Å². The average Bonchev–Trinajstić information content (AvgIpc) is 2.92. The minimum absolute atomic E-state index is 0.225. The highest BCUT2D eigenvalue weighted by Crippen LogP contribution is 2.16. The zero-order valence-electron chi connectivity index (χ0n) is 19.3. The minimum Gasteiger partial charge on any atom is -0.473 e. The van der Waals surface area contributed by atoms with Gasteiger partial charge in [0.25, 0.3) is 5.91 Å². The number of benzene rings is 3. The predicted molar refractivity (Wildman–Crippen MR) is 135 cm³/mol. The standard InChI is InChI=1S/C29H27N3O3/c33-27(24-15-8-3-9-16-24)32-26(19-22-11-4-1-5-12-22)28(34)31-20-25-17-10-18-30-29(25)35-21-23-13-6-2-7-14-23/h1-18,26H,19-21H2,(H,31,34)(H,32,33). The van der Waals surface area contributed by atoms with E-state index in [0.717, 1.165) is 16.7 Å². The molecular formula is C29H27N3O3. The van der Waals surface area contributed by atoms with Gasteiger partial charge in [-0.15, -0.1) is 0 Å². The van der Waals surface area contributed by atoms with Crippen LogP contribution in [-0.4, -0.2) is 22.8 Å². The molecule has 0 fully saturated rings. The summed E-state index contributed by atoms with van der Waals surface area (Å²) < 4.78 is 5.90. The van der Waals surface area contributed by atoms with Crippen molar-refractivity contribution >= 4 is 11.8 Å². The van der Waals surface area contributed by atoms with Crippen LogP contribution in [-0.2, 0) is 24.4 Å². The van der Waals surface area contributed by atoms with Crippen LogP contribution in [0.25, 0.3) is 0 Å². The van der Waals surface area contributed by atoms with Gasteiger partial charge >= 0.3 is 0 Å². The van der Waals surface area contributed by atoms with Gasteiger partial charge in [0.1, 0.15) is 12.6 Å². The van der Waals surface area contributed by atoms with E-state index in [1.165, 1.54) is 0 Å². The summed E-state index contributed by atoms with van der Waals surface area (Å²) in [6.07, 6.45) is 2.03. The van der Waals surface area contributed by atoms with Crippen molar-refractivity contribution < 1.29 is 14.3 Å². The van der Waals surface area contributed by atoms with Crippen molar-refractivity contribution in [3.8, 4) is 5.88 Å². The third-order valence-electron chi connectivity index (χ3n) is 5.46. The van der Waals surface area contributed by atoms with Crippen molar-refractivity contribution in [1.29, 1.82) is 0 Å². The second-order valence-electron chi connectivity index (χ2n) is 8.04. The molecule has 0 aliphatic carbocycles. The molecule has 0 saturated carbocycles. The van der Waals surface area contributed by atoms with E-state index in [4.69, 9.17) is 4.74 Å². The Morgan fingerprint density at radius 2 is 1.40 bits per heavy atom. The Morgan fingerprint density at radius 1 is 0.771 bits per heavy atom. The Bertz CT molecular complexity index is 1230. The number of pyridine rings is 1. The summed E-state index contributed by atoms with van der Waals surface area (Å²) in [5.74, 6) is -0.115. The van der Waals surface area contributed by atoms with Crippen LogP contribution in [0, 0.1) is 0 Å². The molecule has 6 heteroatoms. The summed E-state index contributed by atoms with van der Waals surface area (Å²) in [6.45, 7) is 0.603. The average molecular weight is 466 g/mol. The topological polar surface area (TPSA) is 80.3 Å². The number of aromatic nitrogens is 1. The zero-order chi connectivity index (χ0) is 24.3. The monoisotopic (exact) mass is 465 g/mol. The van der Waals surface area contributed by atoms with E-state index >= 15 is 0 Å². The molecule has 2 amide bonds. The second-order valence-corrected chi connectivity index (χ2v) is 8.04. The molecule has 1 unspecified atom stereocenters. The van der Waals surface area contributed by atoms with Crippen LogP contribution < -0.4 is 15.4 Å². The molecule has 0 radical (unpaired) electrons. The summed E-state index contributed by atoms with van der Waals surface area (Å²) in [6, 6.07) is 31.2. The molecule has 35 heavy (non-hydrogen) atoms. The SMILES string of the molecule is O=C(NC(Cc1ccccc1)C(=O)NCc1cccnc1OCc1ccccc1)c1ccccc1. The van der Waals surface area contributed by atoms with E-state index in [2.05, 4.69) is 15.6 Å². The zero-order valence-corrected chi connectivity index (χ0v) is 19.3. The summed E-state index contributed by atoms with van der Waals surface area (Å²) in [5.41, 5.74) is 3.24. The predicted octanol–water partition coefficient (Wildman–Crippen LogP) is 4.32. The van der Waals surface area contributed by atoms with E-state index in [-0.39, 0.29) is 18.4 Å². The molecule has 0 spiro atoms. The highest BCUT2D eigenvalue weighted by atomic mass is 16.5. The minimum atomic E-state index is -0.740. The van der Waals surface area contributed by atoms with Gasteiger partial charge in [-0.1, -0.05) is 84.9 Å². The van der Waals surface area contributed by atoms with Gasteiger partial charge in [0.15, 0.2) is 0 Å². The fourth-order valence-electron chi connectivity index (χ4n) is 3.61. The first-order valence-corrected chi connectivity index (χ1v) is 11.5. The maximum Gasteiger partial charge on any atom is 0.251 e. The van der Waals surface area contributed by atoms with E-state index < -0.39 is 6.04 Å². The van der Waals surface area contributed by atoms with Crippen LogP contribution in [0.4, 0.5) is 0 Å². The molecule has 1 heterocycles. The van der Waals surface area contributed by atoms with E-state index in [9.17, 15) is 9.59 Å². The van der Waals surface area contributed by atoms with Crippen LogP contribution in [0.5, 0.6) is 5.88 Å². The Morgan fingerprint density at radius 3 is 2.09 bits per heavy atom. The normalized spacial score (nSPS) is 11.3. The highest BCUT2D eigenvalue weighted by molar-refractivity contribution is 5.97. The van der Waals surface area contributed by atoms with Gasteiger partial charge in [-0.2, -0.15) is 0 Å². The van der Waals surface area contributed by atoms with Crippen LogP contribution in [0.2, 0.25) is 0 Å². The third kappa shape index (κ3) is 7.01. The summed E-state index contributed by atoms with van der Waals surface area (Å²) in [5, 5.41) is 5.82. The van der Waals surface area contributed by atoms with E-state index in [0.29, 0.717) is 24.5 Å². The van der Waals surface area contributed by atoms with Crippen molar-refractivity contribution in [2.24, 2.45) is 0 Å². The first-order chi connectivity index (χ1) is 17.2. The van der Waals surface area contributed by atoms with Gasteiger partial charge in [-0.3, -0.25) is 9.59 Å². The maximum atomic E-state index is 13.2. The van der Waals surface area contributed by atoms with Crippen LogP contribution in [0.15, 0.2) is 109 Å². The number of hydrogen-bond acceptors (Lipinski definition) is 4. The number of rotatable bonds is 10. The Kier molecular flexibility index (Phi) is 8.22. The molecule has 0 aliphatic rings. The van der Waals surface area contributed by atoms with Crippen molar-refractivity contribution in [2.45, 2.75) is 25.6 Å². The van der Waals surface area contributed by atoms with Gasteiger partial charge < -0.3 is 15.4 Å². The molecule has 1 atom stereocenters. The number of amides is 2. The molecule has 1 aromatic heterocycles. The second kappa shape index (κ2) is 12.1. The molecular weight excluding hydrogens is 438 g/mol. The molecule has 4 rings (SSSR count). The maximum absolute atomic E-state index is 13.2. The molecule has 0 aliphatic heterocycles. The van der Waals surface area contributed by atoms with Gasteiger partial charge in [-0.05, 0) is 29.3 Å². The first kappa shape index (κ1) is 23.7. The summed E-state index contributed by atoms with van der Waals surface area (Å²) in [4.78, 5) is 30.3. The Hall–Kier alpha value is -4.45. The molecule has 0 bridgehead atoms. The number of carbonyl (C=O) groups is 2. The summed E-state index contributed by atoms with van der Waals surface area (Å²) in [7, 11) is 0. The first-order valence-electron chi connectivity index (χ1n) is 11.5. The molecule has 176 valence electrons. The number of hydrogen-bond donors (Lipinski definition) is 2. The summed E-state index contributed by atoms with van der Waals surface area (Å²) >= 11 is 0. The number of nitrogens with one attached hydrogen (secondary N) is 2. The number of nitrogens with zero attached hydrogens (tertiary/aromatic N) is 1. The largest absolute Gasteiger partial charge is 0.473 e. The smallest absolute Gasteiger partial charge is 0.251 e. The Balaban J connectivity index is 1.43. The lowest BCUT2D eigenvalue weighted by atomic mass is 10.0. The Labute approximate surface area is 205 Å². The van der Waals surface area contributed by atoms with Crippen molar-refractivity contribution in [3.05, 3.63) is 132 Å². The van der Waals surface area contributed by atoms with Gasteiger partial charge in [0.2, 0.25) is 11.8 Å². The molecule has 2 N–H and O–H groups in total. The van der Waals surface area contributed by atoms with Gasteiger partial charge in [0.05, 0.1) is 0 Å². The number of ether oxygens (including phenoxy) is 1. The lowest BCUT2D eigenvalue weighted by Gasteiger charge is -2.19.